The summed E-state index contributed by atoms with van der Waals surface area (Å²) in [6.45, 7) is 1.53. The normalized spacial score (nSPS) is 11.4. The van der Waals surface area contributed by atoms with E-state index < -0.39 is 0 Å². The van der Waals surface area contributed by atoms with Gasteiger partial charge in [0, 0.05) is 13.2 Å². The van der Waals surface area contributed by atoms with Gasteiger partial charge in [0.05, 0.1) is 26.0 Å². The number of nitrogens with one attached hydrogen (secondary N) is 1. The molecule has 1 rings (SSSR count). The fourth-order valence-electron chi connectivity index (χ4n) is 1.46. The Balaban J connectivity index is 2.35. The van der Waals surface area contributed by atoms with E-state index in [1.54, 1.807) is 7.11 Å². The van der Waals surface area contributed by atoms with Gasteiger partial charge in [-0.1, -0.05) is 12.1 Å². The van der Waals surface area contributed by atoms with Crippen molar-refractivity contribution in [2.24, 2.45) is 10.7 Å². The highest BCUT2D eigenvalue weighted by Gasteiger charge is 2.01. The Bertz CT molecular complexity index is 396. The number of ether oxygens (including phenoxy) is 2. The molecule has 0 aromatic heterocycles. The minimum Gasteiger partial charge on any atom is -0.495 e. The van der Waals surface area contributed by atoms with Crippen LogP contribution in [0.1, 0.15) is 6.42 Å². The fraction of sp³-hybridized carbons (Fsp3) is 0.462. The Morgan fingerprint density at radius 3 is 2.89 bits per heavy atom. The summed E-state index contributed by atoms with van der Waals surface area (Å²) >= 11 is 0. The maximum atomic E-state index is 8.53. The van der Waals surface area contributed by atoms with Gasteiger partial charge in [0.15, 0.2) is 5.96 Å². The predicted molar refractivity (Wildman–Crippen MR) is 75.6 cm³/mol. The smallest absolute Gasteiger partial charge is 0.193 e. The van der Waals surface area contributed by atoms with Crippen LogP contribution >= 0.6 is 0 Å². The van der Waals surface area contributed by atoms with Crippen LogP contribution in [0.5, 0.6) is 5.75 Å². The van der Waals surface area contributed by atoms with Gasteiger partial charge in [0.1, 0.15) is 5.75 Å². The highest BCUT2D eigenvalue weighted by Crippen LogP contribution is 2.22. The lowest BCUT2D eigenvalue weighted by Gasteiger charge is -2.10. The molecule has 0 saturated carbocycles. The van der Waals surface area contributed by atoms with E-state index in [0.717, 1.165) is 12.1 Å². The number of guanidine groups is 1. The molecule has 0 radical (unpaired) electrons. The monoisotopic (exact) mass is 267 g/mol. The van der Waals surface area contributed by atoms with Crippen molar-refractivity contribution in [1.82, 2.24) is 0 Å². The van der Waals surface area contributed by atoms with Crippen molar-refractivity contribution in [3.63, 3.8) is 0 Å². The van der Waals surface area contributed by atoms with E-state index in [-0.39, 0.29) is 6.61 Å². The molecule has 1 aromatic carbocycles. The minimum atomic E-state index is 0.0424. The molecule has 0 bridgehead atoms. The van der Waals surface area contributed by atoms with Crippen molar-refractivity contribution >= 4 is 11.6 Å². The summed E-state index contributed by atoms with van der Waals surface area (Å²) in [6, 6.07) is 7.49. The van der Waals surface area contributed by atoms with E-state index in [2.05, 4.69) is 10.3 Å². The van der Waals surface area contributed by atoms with Crippen LogP contribution < -0.4 is 15.8 Å². The molecule has 1 aromatic rings. The van der Waals surface area contributed by atoms with E-state index in [0.29, 0.717) is 31.5 Å². The third-order valence-electron chi connectivity index (χ3n) is 2.33. The van der Waals surface area contributed by atoms with Crippen molar-refractivity contribution in [2.75, 3.05) is 38.8 Å². The molecule has 0 fully saturated rings. The number of nitrogens with two attached hydrogens (primary N) is 1. The number of methoxy groups -OCH3 is 1. The van der Waals surface area contributed by atoms with Crippen LogP contribution in [0.2, 0.25) is 0 Å². The standard InChI is InChI=1S/C13H21N3O3/c1-18-12-6-3-2-5-11(12)16-13(14)15-7-4-9-19-10-8-17/h2-3,5-6,17H,4,7-10H2,1H3,(H3,14,15,16). The van der Waals surface area contributed by atoms with Crippen LogP contribution in [0.4, 0.5) is 5.69 Å². The lowest BCUT2D eigenvalue weighted by atomic mass is 10.3. The molecule has 0 aliphatic rings. The average Bonchev–Trinajstić information content (AvgIpc) is 2.43. The Kier molecular flexibility index (Phi) is 7.38. The molecule has 0 heterocycles. The number of hydrogen-bond acceptors (Lipinski definition) is 4. The summed E-state index contributed by atoms with van der Waals surface area (Å²) in [7, 11) is 1.60. The second-order valence-electron chi connectivity index (χ2n) is 3.78. The number of aliphatic hydroxyl groups is 1. The van der Waals surface area contributed by atoms with Crippen LogP contribution in [0.15, 0.2) is 29.3 Å². The van der Waals surface area contributed by atoms with Crippen LogP contribution in [-0.2, 0) is 4.74 Å². The van der Waals surface area contributed by atoms with E-state index in [4.69, 9.17) is 20.3 Å². The summed E-state index contributed by atoms with van der Waals surface area (Å²) in [5.74, 6) is 1.05. The predicted octanol–water partition coefficient (Wildman–Crippen LogP) is 0.821. The van der Waals surface area contributed by atoms with Crippen molar-refractivity contribution in [3.05, 3.63) is 24.3 Å². The molecule has 0 aliphatic carbocycles. The molecule has 4 N–H and O–H groups in total. The number of benzene rings is 1. The third-order valence-corrected chi connectivity index (χ3v) is 2.33. The first-order valence-corrected chi connectivity index (χ1v) is 6.16. The largest absolute Gasteiger partial charge is 0.495 e. The molecule has 6 nitrogen and oxygen atoms in total. The maximum Gasteiger partial charge on any atom is 0.193 e. The molecule has 0 amide bonds. The SMILES string of the molecule is COc1ccccc1NC(N)=NCCCOCCO. The van der Waals surface area contributed by atoms with Crippen LogP contribution in [0.3, 0.4) is 0 Å². The number of anilines is 1. The van der Waals surface area contributed by atoms with Gasteiger partial charge in [-0.25, -0.2) is 0 Å². The quantitative estimate of drug-likeness (QED) is 0.368. The second-order valence-corrected chi connectivity index (χ2v) is 3.78. The van der Waals surface area contributed by atoms with Gasteiger partial charge in [0.2, 0.25) is 0 Å². The molecule has 0 atom stereocenters. The van der Waals surface area contributed by atoms with Crippen molar-refractivity contribution in [2.45, 2.75) is 6.42 Å². The summed E-state index contributed by atoms with van der Waals surface area (Å²) in [6.07, 6.45) is 0.758. The molecule has 6 heteroatoms. The zero-order valence-corrected chi connectivity index (χ0v) is 11.1. The first kappa shape index (κ1) is 15.3. The number of para-hydroxylation sites is 2. The first-order valence-electron chi connectivity index (χ1n) is 6.16. The van der Waals surface area contributed by atoms with Crippen LogP contribution in [-0.4, -0.2) is 44.5 Å². The molecule has 0 unspecified atom stereocenters. The van der Waals surface area contributed by atoms with E-state index >= 15 is 0 Å². The molecule has 0 saturated heterocycles. The van der Waals surface area contributed by atoms with E-state index in [1.807, 2.05) is 24.3 Å². The molecular weight excluding hydrogens is 246 g/mol. The number of nitrogens with zero attached hydrogens (tertiary/aromatic N) is 1. The van der Waals surface area contributed by atoms with Crippen LogP contribution in [0.25, 0.3) is 0 Å². The number of aliphatic hydroxyl groups excluding tert-OH is 1. The van der Waals surface area contributed by atoms with Gasteiger partial charge in [0.25, 0.3) is 0 Å². The molecule has 19 heavy (non-hydrogen) atoms. The molecule has 0 spiro atoms. The van der Waals surface area contributed by atoms with Crippen molar-refractivity contribution in [1.29, 1.82) is 0 Å². The summed E-state index contributed by atoms with van der Waals surface area (Å²) in [4.78, 5) is 4.18. The topological polar surface area (TPSA) is 89.1 Å². The lowest BCUT2D eigenvalue weighted by Crippen LogP contribution is -2.23. The Hall–Kier alpha value is -1.79. The first-order chi connectivity index (χ1) is 9.27. The zero-order valence-electron chi connectivity index (χ0n) is 11.1. The van der Waals surface area contributed by atoms with Gasteiger partial charge in [-0.15, -0.1) is 0 Å². The highest BCUT2D eigenvalue weighted by molar-refractivity contribution is 5.93. The summed E-state index contributed by atoms with van der Waals surface area (Å²) in [5.41, 5.74) is 6.55. The van der Waals surface area contributed by atoms with E-state index in [9.17, 15) is 0 Å². The zero-order chi connectivity index (χ0) is 13.9. The summed E-state index contributed by atoms with van der Waals surface area (Å²) < 4.78 is 10.3. The lowest BCUT2D eigenvalue weighted by molar-refractivity contribution is 0.0918. The average molecular weight is 267 g/mol. The Morgan fingerprint density at radius 2 is 2.16 bits per heavy atom. The maximum absolute atomic E-state index is 8.53. The van der Waals surface area contributed by atoms with E-state index in [1.165, 1.54) is 0 Å². The molecule has 106 valence electrons. The van der Waals surface area contributed by atoms with Crippen molar-refractivity contribution in [3.8, 4) is 5.75 Å². The van der Waals surface area contributed by atoms with Crippen molar-refractivity contribution < 1.29 is 14.6 Å². The van der Waals surface area contributed by atoms with Gasteiger partial charge in [-0.2, -0.15) is 0 Å². The molecule has 0 aliphatic heterocycles. The Labute approximate surface area is 113 Å². The Morgan fingerprint density at radius 1 is 1.37 bits per heavy atom. The second kappa shape index (κ2) is 9.18. The third kappa shape index (κ3) is 6.08. The van der Waals surface area contributed by atoms with Gasteiger partial charge >= 0.3 is 0 Å². The number of aliphatic imine (C=N–C) groups is 1. The van der Waals surface area contributed by atoms with Crippen LogP contribution in [0, 0.1) is 0 Å². The van der Waals surface area contributed by atoms with Gasteiger partial charge in [-0.3, -0.25) is 4.99 Å². The van der Waals surface area contributed by atoms with Gasteiger partial charge < -0.3 is 25.6 Å². The molecular formula is C13H21N3O3. The number of rotatable bonds is 8. The minimum absolute atomic E-state index is 0.0424. The highest BCUT2D eigenvalue weighted by atomic mass is 16.5. The fourth-order valence-corrected chi connectivity index (χ4v) is 1.46. The summed E-state index contributed by atoms with van der Waals surface area (Å²) in [5, 5.41) is 11.5. The van der Waals surface area contributed by atoms with Gasteiger partial charge in [-0.05, 0) is 18.6 Å². The number of hydrogen-bond donors (Lipinski definition) is 3.